The number of hydrogen-bond acceptors (Lipinski definition) is 3. The monoisotopic (exact) mass is 399 g/mol. The maximum atomic E-state index is 12.3. The summed E-state index contributed by atoms with van der Waals surface area (Å²) in [6, 6.07) is 10.4. The number of benzene rings is 1. The lowest BCUT2D eigenvalue weighted by molar-refractivity contribution is -0.127. The van der Waals surface area contributed by atoms with Crippen molar-refractivity contribution >= 4 is 11.9 Å². The minimum absolute atomic E-state index is 0.275. The summed E-state index contributed by atoms with van der Waals surface area (Å²) in [4.78, 5) is 21.2. The fourth-order valence-electron chi connectivity index (χ4n) is 4.27. The topological polar surface area (TPSA) is 60.0 Å². The third-order valence-electron chi connectivity index (χ3n) is 6.01. The third kappa shape index (κ3) is 7.35. The van der Waals surface area contributed by atoms with E-state index in [0.717, 1.165) is 45.1 Å². The van der Waals surface area contributed by atoms with Crippen LogP contribution in [0.5, 0.6) is 0 Å². The van der Waals surface area contributed by atoms with Gasteiger partial charge in [0.1, 0.15) is 0 Å². The molecule has 2 fully saturated rings. The van der Waals surface area contributed by atoms with Crippen LogP contribution in [-0.4, -0.2) is 74.5 Å². The molecule has 2 N–H and O–H groups in total. The molecule has 1 unspecified atom stereocenters. The number of carbonyl (C=O) groups is 1. The van der Waals surface area contributed by atoms with E-state index in [1.165, 1.54) is 44.3 Å². The highest BCUT2D eigenvalue weighted by atomic mass is 16.2. The molecule has 29 heavy (non-hydrogen) atoms. The van der Waals surface area contributed by atoms with Crippen LogP contribution in [0.25, 0.3) is 0 Å². The van der Waals surface area contributed by atoms with Gasteiger partial charge >= 0.3 is 0 Å². The molecule has 1 amide bonds. The van der Waals surface area contributed by atoms with Gasteiger partial charge in [0.05, 0.1) is 0 Å². The second-order valence-corrected chi connectivity index (χ2v) is 8.28. The first-order chi connectivity index (χ1) is 14.2. The molecular weight excluding hydrogens is 362 g/mol. The lowest BCUT2D eigenvalue weighted by atomic mass is 10.1. The zero-order valence-electron chi connectivity index (χ0n) is 17.9. The van der Waals surface area contributed by atoms with E-state index in [1.807, 2.05) is 18.0 Å². The van der Waals surface area contributed by atoms with Gasteiger partial charge in [0.25, 0.3) is 0 Å². The first-order valence-corrected chi connectivity index (χ1v) is 11.2. The number of hydrogen-bond donors (Lipinski definition) is 2. The van der Waals surface area contributed by atoms with Gasteiger partial charge in [-0.2, -0.15) is 0 Å². The second-order valence-electron chi connectivity index (χ2n) is 8.28. The number of aliphatic imine (C=N–C) groups is 1. The van der Waals surface area contributed by atoms with Crippen LogP contribution in [-0.2, 0) is 11.2 Å². The molecule has 6 heteroatoms. The fourth-order valence-corrected chi connectivity index (χ4v) is 4.27. The van der Waals surface area contributed by atoms with Crippen LogP contribution in [0.3, 0.4) is 0 Å². The Kier molecular flexibility index (Phi) is 8.81. The number of carbonyl (C=O) groups excluding carboxylic acids is 1. The zero-order chi connectivity index (χ0) is 20.3. The van der Waals surface area contributed by atoms with E-state index in [4.69, 9.17) is 0 Å². The quantitative estimate of drug-likeness (QED) is 0.519. The Morgan fingerprint density at radius 1 is 1.07 bits per heavy atom. The Bertz CT molecular complexity index is 640. The first kappa shape index (κ1) is 21.6. The predicted molar refractivity (Wildman–Crippen MR) is 119 cm³/mol. The molecule has 1 aromatic carbocycles. The number of nitrogens with one attached hydrogen (secondary N) is 2. The van der Waals surface area contributed by atoms with E-state index >= 15 is 0 Å². The second kappa shape index (κ2) is 11.8. The van der Waals surface area contributed by atoms with Crippen molar-refractivity contribution in [2.75, 3.05) is 52.9 Å². The van der Waals surface area contributed by atoms with Crippen LogP contribution in [0, 0.1) is 5.92 Å². The van der Waals surface area contributed by atoms with Crippen LogP contribution >= 0.6 is 0 Å². The molecule has 0 spiro atoms. The van der Waals surface area contributed by atoms with E-state index in [0.29, 0.717) is 12.3 Å². The summed E-state index contributed by atoms with van der Waals surface area (Å²) in [6.45, 7) is 6.85. The fraction of sp³-hybridized carbons (Fsp3) is 0.652. The maximum Gasteiger partial charge on any atom is 0.223 e. The van der Waals surface area contributed by atoms with E-state index in [9.17, 15) is 4.79 Å². The molecule has 3 rings (SSSR count). The van der Waals surface area contributed by atoms with Crippen molar-refractivity contribution in [3.05, 3.63) is 35.9 Å². The first-order valence-electron chi connectivity index (χ1n) is 11.2. The van der Waals surface area contributed by atoms with Crippen molar-refractivity contribution in [2.24, 2.45) is 10.9 Å². The summed E-state index contributed by atoms with van der Waals surface area (Å²) in [5, 5.41) is 6.85. The summed E-state index contributed by atoms with van der Waals surface area (Å²) in [5.41, 5.74) is 1.29. The summed E-state index contributed by atoms with van der Waals surface area (Å²) < 4.78 is 0. The highest BCUT2D eigenvalue weighted by Gasteiger charge is 2.29. The van der Waals surface area contributed by atoms with Gasteiger partial charge in [-0.15, -0.1) is 0 Å². The lowest BCUT2D eigenvalue weighted by Crippen LogP contribution is -2.43. The molecule has 0 bridgehead atoms. The minimum atomic E-state index is 0.275. The molecule has 2 aliphatic rings. The smallest absolute Gasteiger partial charge is 0.223 e. The van der Waals surface area contributed by atoms with E-state index in [1.54, 1.807) is 0 Å². The molecule has 2 heterocycles. The molecule has 0 aliphatic carbocycles. The molecule has 2 saturated heterocycles. The summed E-state index contributed by atoms with van der Waals surface area (Å²) in [6.07, 6.45) is 6.94. The van der Waals surface area contributed by atoms with Crippen LogP contribution < -0.4 is 10.6 Å². The van der Waals surface area contributed by atoms with Crippen LogP contribution in [0.4, 0.5) is 0 Å². The molecule has 0 aromatic heterocycles. The molecule has 0 saturated carbocycles. The summed E-state index contributed by atoms with van der Waals surface area (Å²) >= 11 is 0. The van der Waals surface area contributed by atoms with Crippen molar-refractivity contribution in [1.29, 1.82) is 0 Å². The van der Waals surface area contributed by atoms with Gasteiger partial charge < -0.3 is 20.4 Å². The Morgan fingerprint density at radius 3 is 2.55 bits per heavy atom. The highest BCUT2D eigenvalue weighted by molar-refractivity contribution is 5.80. The Balaban J connectivity index is 1.33. The molecule has 1 atom stereocenters. The van der Waals surface area contributed by atoms with Gasteiger partial charge in [0.15, 0.2) is 5.96 Å². The Morgan fingerprint density at radius 2 is 1.83 bits per heavy atom. The molecule has 1 aromatic rings. The lowest BCUT2D eigenvalue weighted by Gasteiger charge is -2.21. The van der Waals surface area contributed by atoms with Crippen molar-refractivity contribution < 1.29 is 4.79 Å². The average molecular weight is 400 g/mol. The van der Waals surface area contributed by atoms with Gasteiger partial charge in [-0.25, -0.2) is 0 Å². The Hall–Kier alpha value is -2.08. The van der Waals surface area contributed by atoms with E-state index < -0.39 is 0 Å². The molecular formula is C23H37N5O. The zero-order valence-corrected chi connectivity index (χ0v) is 17.9. The van der Waals surface area contributed by atoms with Crippen molar-refractivity contribution in [1.82, 2.24) is 20.4 Å². The SMILES string of the molecule is CN=C(NCCN1CCCCCC1)NCC1CC(=O)N(CCc2ccccc2)C1. The number of nitrogens with zero attached hydrogens (tertiary/aromatic N) is 3. The van der Waals surface area contributed by atoms with Crippen molar-refractivity contribution in [2.45, 2.75) is 38.5 Å². The van der Waals surface area contributed by atoms with Crippen molar-refractivity contribution in [3.8, 4) is 0 Å². The highest BCUT2D eigenvalue weighted by Crippen LogP contribution is 2.17. The van der Waals surface area contributed by atoms with E-state index in [2.05, 4.69) is 44.8 Å². The summed E-state index contributed by atoms with van der Waals surface area (Å²) in [7, 11) is 1.81. The summed E-state index contributed by atoms with van der Waals surface area (Å²) in [5.74, 6) is 1.47. The molecule has 160 valence electrons. The maximum absolute atomic E-state index is 12.3. The van der Waals surface area contributed by atoms with Gasteiger partial charge in [0.2, 0.25) is 5.91 Å². The van der Waals surface area contributed by atoms with E-state index in [-0.39, 0.29) is 5.91 Å². The number of likely N-dealkylation sites (tertiary alicyclic amines) is 2. The Labute approximate surface area is 175 Å². The largest absolute Gasteiger partial charge is 0.356 e. The number of amides is 1. The van der Waals surface area contributed by atoms with Crippen LogP contribution in [0.15, 0.2) is 35.3 Å². The van der Waals surface area contributed by atoms with Gasteiger partial charge in [-0.1, -0.05) is 43.2 Å². The number of guanidine groups is 1. The van der Waals surface area contributed by atoms with Crippen LogP contribution in [0.1, 0.15) is 37.7 Å². The van der Waals surface area contributed by atoms with Gasteiger partial charge in [-0.05, 0) is 37.9 Å². The predicted octanol–water partition coefficient (Wildman–Crippen LogP) is 2.12. The van der Waals surface area contributed by atoms with Gasteiger partial charge in [-0.3, -0.25) is 9.79 Å². The average Bonchev–Trinajstić information content (AvgIpc) is 2.92. The normalized spacial score (nSPS) is 21.3. The standard InChI is InChI=1S/C23H37N5O/c1-24-23(25-12-16-27-13-7-2-3-8-14-27)26-18-21-17-22(29)28(19-21)15-11-20-9-5-4-6-10-20/h4-6,9-10,21H,2-3,7-8,11-19H2,1H3,(H2,24,25,26). The molecule has 2 aliphatic heterocycles. The van der Waals surface area contributed by atoms with Gasteiger partial charge in [0, 0.05) is 52.1 Å². The van der Waals surface area contributed by atoms with Crippen molar-refractivity contribution in [3.63, 3.8) is 0 Å². The minimum Gasteiger partial charge on any atom is -0.356 e. The number of rotatable bonds is 8. The van der Waals surface area contributed by atoms with Crippen LogP contribution in [0.2, 0.25) is 0 Å². The molecule has 0 radical (unpaired) electrons. The molecule has 6 nitrogen and oxygen atoms in total. The third-order valence-corrected chi connectivity index (χ3v) is 6.01.